The maximum Gasteiger partial charge on any atom is 0.163 e. The van der Waals surface area contributed by atoms with Gasteiger partial charge in [-0.05, 0) is 24.4 Å². The van der Waals surface area contributed by atoms with E-state index in [1.807, 2.05) is 0 Å². The maximum absolute atomic E-state index is 12.7. The van der Waals surface area contributed by atoms with Gasteiger partial charge in [-0.3, -0.25) is 0 Å². The average molecular weight is 232 g/mol. The van der Waals surface area contributed by atoms with Gasteiger partial charge in [-0.2, -0.15) is 0 Å². The Hall–Kier alpha value is -1.43. The highest BCUT2D eigenvalue weighted by Gasteiger charge is 2.02. The van der Waals surface area contributed by atoms with Crippen LogP contribution in [0.25, 0.3) is 0 Å². The van der Waals surface area contributed by atoms with Crippen LogP contribution in [0.3, 0.4) is 0 Å². The number of hydrogen-bond donors (Lipinski definition) is 2. The van der Waals surface area contributed by atoms with Gasteiger partial charge in [0.15, 0.2) is 16.7 Å². The second-order valence-corrected chi connectivity index (χ2v) is 3.16. The first kappa shape index (κ1) is 11.6. The molecular weight excluding hydrogens is 222 g/mol. The van der Waals surface area contributed by atoms with E-state index in [1.165, 1.54) is 6.07 Å². The average Bonchev–Trinajstić information content (AvgIpc) is 2.18. The molecule has 0 saturated carbocycles. The van der Waals surface area contributed by atoms with Crippen LogP contribution in [0.1, 0.15) is 0 Å². The van der Waals surface area contributed by atoms with E-state index < -0.39 is 11.6 Å². The fraction of sp³-hybridized carbons (Fsp3) is 0.222. The molecule has 1 aromatic carbocycles. The zero-order valence-electron chi connectivity index (χ0n) is 7.80. The summed E-state index contributed by atoms with van der Waals surface area (Å²) >= 11 is 4.56. The number of hydrogen-bond acceptors (Lipinski definition) is 2. The molecule has 0 heterocycles. The molecule has 0 spiro atoms. The molecule has 0 amide bonds. The van der Waals surface area contributed by atoms with E-state index in [9.17, 15) is 8.78 Å². The number of benzene rings is 1. The maximum atomic E-state index is 12.7. The number of thiocarbonyl (C=S) groups is 1. The Bertz CT molecular complexity index is 360. The van der Waals surface area contributed by atoms with Gasteiger partial charge >= 0.3 is 0 Å². The summed E-state index contributed by atoms with van der Waals surface area (Å²) in [4.78, 5) is 0. The molecule has 0 aliphatic carbocycles. The smallest absolute Gasteiger partial charge is 0.163 e. The molecule has 6 heteroatoms. The second kappa shape index (κ2) is 5.45. The Kier molecular flexibility index (Phi) is 4.23. The Balaban J connectivity index is 2.38. The van der Waals surface area contributed by atoms with Crippen LogP contribution in [0.4, 0.5) is 8.78 Å². The molecule has 0 fully saturated rings. The summed E-state index contributed by atoms with van der Waals surface area (Å²) in [5.74, 6) is -1.57. The van der Waals surface area contributed by atoms with Gasteiger partial charge in [0.25, 0.3) is 0 Å². The highest BCUT2D eigenvalue weighted by atomic mass is 32.1. The van der Waals surface area contributed by atoms with Crippen LogP contribution in [-0.2, 0) is 0 Å². The van der Waals surface area contributed by atoms with Crippen molar-refractivity contribution in [2.75, 3.05) is 13.2 Å². The van der Waals surface area contributed by atoms with Crippen LogP contribution in [0.15, 0.2) is 18.2 Å². The van der Waals surface area contributed by atoms with E-state index in [2.05, 4.69) is 17.5 Å². The molecule has 0 atom stereocenters. The number of nitrogens with one attached hydrogen (secondary N) is 1. The predicted molar refractivity (Wildman–Crippen MR) is 56.6 cm³/mol. The quantitative estimate of drug-likeness (QED) is 0.604. The Morgan fingerprint density at radius 3 is 2.73 bits per heavy atom. The largest absolute Gasteiger partial charge is 0.492 e. The van der Waals surface area contributed by atoms with Crippen molar-refractivity contribution >= 4 is 17.3 Å². The third-order valence-corrected chi connectivity index (χ3v) is 1.71. The third-order valence-electron chi connectivity index (χ3n) is 1.56. The van der Waals surface area contributed by atoms with Gasteiger partial charge in [-0.1, -0.05) is 0 Å². The lowest BCUT2D eigenvalue weighted by atomic mass is 10.3. The molecule has 0 unspecified atom stereocenters. The van der Waals surface area contributed by atoms with Gasteiger partial charge in [0.1, 0.15) is 12.4 Å². The van der Waals surface area contributed by atoms with Crippen molar-refractivity contribution < 1.29 is 13.5 Å². The van der Waals surface area contributed by atoms with Crippen molar-refractivity contribution in [3.05, 3.63) is 29.8 Å². The fourth-order valence-corrected chi connectivity index (χ4v) is 1.01. The molecule has 0 aliphatic heterocycles. The summed E-state index contributed by atoms with van der Waals surface area (Å²) in [5, 5.41) is 2.83. The molecule has 0 saturated heterocycles. The molecule has 3 N–H and O–H groups in total. The summed E-state index contributed by atoms with van der Waals surface area (Å²) in [6.07, 6.45) is 0. The lowest BCUT2D eigenvalue weighted by Crippen LogP contribution is -2.32. The molecule has 15 heavy (non-hydrogen) atoms. The minimum Gasteiger partial charge on any atom is -0.492 e. The first-order valence-electron chi connectivity index (χ1n) is 4.21. The van der Waals surface area contributed by atoms with E-state index in [4.69, 9.17) is 10.5 Å². The van der Waals surface area contributed by atoms with Crippen molar-refractivity contribution in [1.29, 1.82) is 0 Å². The standard InChI is InChI=1S/C9H10F2N2OS/c10-7-2-1-6(5-8(7)11)14-4-3-13-9(12)15/h1-2,5H,3-4H2,(H3,12,13,15). The van der Waals surface area contributed by atoms with Crippen molar-refractivity contribution in [1.82, 2.24) is 5.32 Å². The monoisotopic (exact) mass is 232 g/mol. The van der Waals surface area contributed by atoms with E-state index in [-0.39, 0.29) is 17.5 Å². The molecule has 82 valence electrons. The Labute approximate surface area is 91.2 Å². The molecule has 0 aromatic heterocycles. The van der Waals surface area contributed by atoms with Gasteiger partial charge in [-0.25, -0.2) is 8.78 Å². The van der Waals surface area contributed by atoms with Crippen LogP contribution in [-0.4, -0.2) is 18.3 Å². The van der Waals surface area contributed by atoms with E-state index in [0.717, 1.165) is 12.1 Å². The van der Waals surface area contributed by atoms with Gasteiger partial charge < -0.3 is 15.8 Å². The van der Waals surface area contributed by atoms with Crippen LogP contribution in [0.2, 0.25) is 0 Å². The molecule has 0 aliphatic rings. The van der Waals surface area contributed by atoms with Crippen LogP contribution >= 0.6 is 12.2 Å². The highest BCUT2D eigenvalue weighted by Crippen LogP contribution is 2.14. The van der Waals surface area contributed by atoms with E-state index in [0.29, 0.717) is 6.54 Å². The minimum atomic E-state index is -0.935. The summed E-state index contributed by atoms with van der Waals surface area (Å²) in [6.45, 7) is 0.677. The molecule has 3 nitrogen and oxygen atoms in total. The summed E-state index contributed by atoms with van der Waals surface area (Å²) in [6, 6.07) is 3.33. The minimum absolute atomic E-state index is 0.170. The van der Waals surface area contributed by atoms with E-state index >= 15 is 0 Å². The normalized spacial score (nSPS) is 9.73. The lowest BCUT2D eigenvalue weighted by Gasteiger charge is -2.07. The van der Waals surface area contributed by atoms with Crippen molar-refractivity contribution in [2.24, 2.45) is 5.73 Å². The fourth-order valence-electron chi connectivity index (χ4n) is 0.910. The molecule has 0 radical (unpaired) electrons. The Morgan fingerprint density at radius 2 is 2.13 bits per heavy atom. The van der Waals surface area contributed by atoms with Gasteiger partial charge in [-0.15, -0.1) is 0 Å². The number of ether oxygens (including phenoxy) is 1. The van der Waals surface area contributed by atoms with Crippen LogP contribution in [0.5, 0.6) is 5.75 Å². The van der Waals surface area contributed by atoms with Gasteiger partial charge in [0.05, 0.1) is 6.54 Å². The molecule has 0 bridgehead atoms. The van der Waals surface area contributed by atoms with Crippen molar-refractivity contribution in [2.45, 2.75) is 0 Å². The second-order valence-electron chi connectivity index (χ2n) is 2.72. The lowest BCUT2D eigenvalue weighted by molar-refractivity contribution is 0.319. The first-order valence-corrected chi connectivity index (χ1v) is 4.61. The molecule has 1 aromatic rings. The van der Waals surface area contributed by atoms with Crippen molar-refractivity contribution in [3.8, 4) is 5.75 Å². The Morgan fingerprint density at radius 1 is 1.40 bits per heavy atom. The van der Waals surface area contributed by atoms with Crippen LogP contribution in [0, 0.1) is 11.6 Å². The summed E-state index contributed by atoms with van der Waals surface area (Å²) in [5.41, 5.74) is 5.17. The van der Waals surface area contributed by atoms with Crippen LogP contribution < -0.4 is 15.8 Å². The number of nitrogens with two attached hydrogens (primary N) is 1. The first-order chi connectivity index (χ1) is 7.09. The number of rotatable bonds is 4. The molecular formula is C9H10F2N2OS. The summed E-state index contributed by atoms with van der Waals surface area (Å²) in [7, 11) is 0. The third kappa shape index (κ3) is 4.07. The zero-order chi connectivity index (χ0) is 11.3. The SMILES string of the molecule is NC(=S)NCCOc1ccc(F)c(F)c1. The number of halogens is 2. The zero-order valence-corrected chi connectivity index (χ0v) is 8.61. The summed E-state index contributed by atoms with van der Waals surface area (Å²) < 4.78 is 30.3. The topological polar surface area (TPSA) is 47.3 Å². The van der Waals surface area contributed by atoms with Crippen molar-refractivity contribution in [3.63, 3.8) is 0 Å². The molecule has 1 rings (SSSR count). The van der Waals surface area contributed by atoms with Gasteiger partial charge in [0.2, 0.25) is 0 Å². The predicted octanol–water partition coefficient (Wildman–Crippen LogP) is 1.18. The van der Waals surface area contributed by atoms with E-state index in [1.54, 1.807) is 0 Å². The highest BCUT2D eigenvalue weighted by molar-refractivity contribution is 7.80. The van der Waals surface area contributed by atoms with Gasteiger partial charge in [0, 0.05) is 6.07 Å².